The monoisotopic (exact) mass is 424 g/mol. The van der Waals surface area contributed by atoms with E-state index in [9.17, 15) is 18.4 Å². The van der Waals surface area contributed by atoms with Crippen LogP contribution in [0.2, 0.25) is 0 Å². The quantitative estimate of drug-likeness (QED) is 0.592. The third-order valence-corrected chi connectivity index (χ3v) is 6.18. The molecule has 0 aliphatic carbocycles. The van der Waals surface area contributed by atoms with Crippen LogP contribution in [0.4, 0.5) is 8.78 Å². The average Bonchev–Trinajstić information content (AvgIpc) is 3.33. The summed E-state index contributed by atoms with van der Waals surface area (Å²) in [5.74, 6) is -2.84. The van der Waals surface area contributed by atoms with Crippen molar-refractivity contribution < 1.29 is 33.0 Å². The van der Waals surface area contributed by atoms with Gasteiger partial charge < -0.3 is 14.7 Å². The number of piperidine rings is 1. The lowest BCUT2D eigenvalue weighted by molar-refractivity contribution is -0.151. The maximum atomic E-state index is 13.9. The number of hydrogen-bond acceptors (Lipinski definition) is 5. The molecule has 1 amide bonds. The molecule has 3 fully saturated rings. The first-order chi connectivity index (χ1) is 14.4. The second-order valence-corrected chi connectivity index (χ2v) is 8.02. The number of carbonyl (C=O) groups excluding carboxylic acids is 2. The number of ether oxygens (including phenoxy) is 1. The molecule has 1 spiro atoms. The van der Waals surface area contributed by atoms with Gasteiger partial charge in [0.2, 0.25) is 0 Å². The van der Waals surface area contributed by atoms with Crippen molar-refractivity contribution in [3.8, 4) is 0 Å². The predicted octanol–water partition coefficient (Wildman–Crippen LogP) is 2.30. The van der Waals surface area contributed by atoms with E-state index in [0.717, 1.165) is 25.7 Å². The number of nitrogens with zero attached hydrogens (tertiary/aromatic N) is 2. The van der Waals surface area contributed by atoms with Crippen LogP contribution in [-0.4, -0.2) is 72.1 Å². The largest absolute Gasteiger partial charge is 0.483 e. The van der Waals surface area contributed by atoms with Gasteiger partial charge in [0.25, 0.3) is 12.4 Å². The Morgan fingerprint density at radius 2 is 1.83 bits per heavy atom. The van der Waals surface area contributed by atoms with E-state index in [2.05, 4.69) is 4.90 Å². The minimum absolute atomic E-state index is 0.0847. The number of cyclic esters (lactones) is 1. The molecule has 1 unspecified atom stereocenters. The molecule has 7 nitrogen and oxygen atoms in total. The van der Waals surface area contributed by atoms with Crippen LogP contribution >= 0.6 is 0 Å². The Hall–Kier alpha value is -2.55. The molecule has 3 aliphatic rings. The van der Waals surface area contributed by atoms with Gasteiger partial charge in [0, 0.05) is 26.1 Å². The van der Waals surface area contributed by atoms with Gasteiger partial charge in [0.15, 0.2) is 11.6 Å². The van der Waals surface area contributed by atoms with Gasteiger partial charge in [0.1, 0.15) is 6.10 Å². The summed E-state index contributed by atoms with van der Waals surface area (Å²) in [4.78, 5) is 37.3. The first kappa shape index (κ1) is 22.1. The summed E-state index contributed by atoms with van der Waals surface area (Å²) in [5, 5.41) is 6.89. The van der Waals surface area contributed by atoms with E-state index in [-0.39, 0.29) is 24.1 Å². The second-order valence-electron chi connectivity index (χ2n) is 8.02. The summed E-state index contributed by atoms with van der Waals surface area (Å²) in [6.07, 6.45) is 3.99. The van der Waals surface area contributed by atoms with E-state index in [1.807, 2.05) is 0 Å². The van der Waals surface area contributed by atoms with Crippen molar-refractivity contribution in [3.63, 3.8) is 0 Å². The van der Waals surface area contributed by atoms with Crippen LogP contribution in [0.3, 0.4) is 0 Å². The van der Waals surface area contributed by atoms with Crippen LogP contribution in [0.5, 0.6) is 0 Å². The van der Waals surface area contributed by atoms with Gasteiger partial charge in [-0.2, -0.15) is 0 Å². The lowest BCUT2D eigenvalue weighted by Gasteiger charge is -2.36. The standard InChI is InChI=1S/C20H24F2N2O3.CH2O2/c21-16-5-3-4-15(17(16)22)18(25)24-10-6-20(7-11-24)12-14(27-19(20)26)13-23-8-1-2-9-23;2-1-3/h3-5,14H,1-2,6-13H2;1H,(H,2,3). The number of likely N-dealkylation sites (tertiary alicyclic amines) is 2. The summed E-state index contributed by atoms with van der Waals surface area (Å²) in [6, 6.07) is 3.61. The third kappa shape index (κ3) is 4.61. The van der Waals surface area contributed by atoms with Crippen LogP contribution in [0.15, 0.2) is 18.2 Å². The summed E-state index contributed by atoms with van der Waals surface area (Å²) >= 11 is 0. The summed E-state index contributed by atoms with van der Waals surface area (Å²) in [7, 11) is 0. The van der Waals surface area contributed by atoms with Gasteiger partial charge >= 0.3 is 5.97 Å². The SMILES string of the molecule is O=C(c1cccc(F)c1F)N1CCC2(CC1)CC(CN1CCCC1)OC2=O.O=CO. The van der Waals surface area contributed by atoms with Gasteiger partial charge in [-0.05, 0) is 50.9 Å². The molecule has 9 heteroatoms. The van der Waals surface area contributed by atoms with Gasteiger partial charge in [-0.1, -0.05) is 6.07 Å². The molecule has 3 aliphatic heterocycles. The molecular weight excluding hydrogens is 398 g/mol. The molecule has 0 bridgehead atoms. The van der Waals surface area contributed by atoms with Crippen molar-refractivity contribution in [1.82, 2.24) is 9.80 Å². The van der Waals surface area contributed by atoms with Gasteiger partial charge in [0.05, 0.1) is 11.0 Å². The van der Waals surface area contributed by atoms with Crippen LogP contribution in [0.25, 0.3) is 0 Å². The van der Waals surface area contributed by atoms with Crippen molar-refractivity contribution in [2.45, 2.75) is 38.2 Å². The first-order valence-electron chi connectivity index (χ1n) is 10.1. The van der Waals surface area contributed by atoms with Gasteiger partial charge in [-0.15, -0.1) is 0 Å². The zero-order valence-electron chi connectivity index (χ0n) is 16.7. The lowest BCUT2D eigenvalue weighted by Crippen LogP contribution is -2.45. The number of benzene rings is 1. The first-order valence-corrected chi connectivity index (χ1v) is 10.1. The number of amides is 1. The molecule has 0 saturated carbocycles. The predicted molar refractivity (Wildman–Crippen MR) is 103 cm³/mol. The van der Waals surface area contributed by atoms with Crippen LogP contribution in [0.1, 0.15) is 42.5 Å². The smallest absolute Gasteiger partial charge is 0.312 e. The number of esters is 1. The van der Waals surface area contributed by atoms with Gasteiger partial charge in [-0.25, -0.2) is 8.78 Å². The number of halogens is 2. The Labute approximate surface area is 173 Å². The normalized spacial score (nSPS) is 23.1. The fourth-order valence-corrected chi connectivity index (χ4v) is 4.58. The highest BCUT2D eigenvalue weighted by atomic mass is 19.2. The van der Waals surface area contributed by atoms with E-state index in [0.29, 0.717) is 32.4 Å². The maximum Gasteiger partial charge on any atom is 0.312 e. The summed E-state index contributed by atoms with van der Waals surface area (Å²) in [6.45, 7) is 3.34. The highest BCUT2D eigenvalue weighted by molar-refractivity contribution is 5.94. The van der Waals surface area contributed by atoms with E-state index < -0.39 is 23.0 Å². The number of rotatable bonds is 3. The molecule has 164 valence electrons. The molecule has 30 heavy (non-hydrogen) atoms. The number of carboxylic acid groups (broad SMARTS) is 1. The van der Waals surface area contributed by atoms with E-state index in [4.69, 9.17) is 14.6 Å². The molecule has 1 aromatic carbocycles. The van der Waals surface area contributed by atoms with E-state index >= 15 is 0 Å². The van der Waals surface area contributed by atoms with Crippen molar-refractivity contribution in [1.29, 1.82) is 0 Å². The van der Waals surface area contributed by atoms with E-state index in [1.165, 1.54) is 29.9 Å². The molecule has 1 aromatic rings. The zero-order chi connectivity index (χ0) is 21.7. The Balaban J connectivity index is 0.000000806. The molecule has 3 heterocycles. The zero-order valence-corrected chi connectivity index (χ0v) is 16.7. The number of carbonyl (C=O) groups is 3. The van der Waals surface area contributed by atoms with Crippen LogP contribution in [0, 0.1) is 17.0 Å². The van der Waals surface area contributed by atoms with Crippen molar-refractivity contribution in [3.05, 3.63) is 35.4 Å². The summed E-state index contributed by atoms with van der Waals surface area (Å²) in [5.41, 5.74) is -0.798. The van der Waals surface area contributed by atoms with Crippen LogP contribution < -0.4 is 0 Å². The highest BCUT2D eigenvalue weighted by Crippen LogP contribution is 2.43. The van der Waals surface area contributed by atoms with Crippen molar-refractivity contribution in [2.75, 3.05) is 32.7 Å². The van der Waals surface area contributed by atoms with Crippen molar-refractivity contribution >= 4 is 18.3 Å². The lowest BCUT2D eigenvalue weighted by atomic mass is 9.76. The Morgan fingerprint density at radius 1 is 1.20 bits per heavy atom. The molecule has 1 atom stereocenters. The molecule has 4 rings (SSSR count). The van der Waals surface area contributed by atoms with Gasteiger partial charge in [-0.3, -0.25) is 19.3 Å². The molecule has 3 saturated heterocycles. The second kappa shape index (κ2) is 9.51. The topological polar surface area (TPSA) is 87.2 Å². The summed E-state index contributed by atoms with van der Waals surface area (Å²) < 4.78 is 32.9. The van der Waals surface area contributed by atoms with Crippen LogP contribution in [-0.2, 0) is 14.3 Å². The van der Waals surface area contributed by atoms with E-state index in [1.54, 1.807) is 0 Å². The Kier molecular flexibility index (Phi) is 7.02. The minimum atomic E-state index is -1.12. The minimum Gasteiger partial charge on any atom is -0.483 e. The third-order valence-electron chi connectivity index (χ3n) is 6.18. The molecule has 0 aromatic heterocycles. The highest BCUT2D eigenvalue weighted by Gasteiger charge is 2.51. The fourth-order valence-electron chi connectivity index (χ4n) is 4.58. The molecular formula is C21H26F2N2O5. The van der Waals surface area contributed by atoms with Crippen molar-refractivity contribution in [2.24, 2.45) is 5.41 Å². The maximum absolute atomic E-state index is 13.9. The number of hydrogen-bond donors (Lipinski definition) is 1. The Bertz CT molecular complexity index is 790. The molecule has 0 radical (unpaired) electrons. The molecule has 1 N–H and O–H groups in total. The Morgan fingerprint density at radius 3 is 2.47 bits per heavy atom. The fraction of sp³-hybridized carbons (Fsp3) is 0.571. The average molecular weight is 424 g/mol.